The summed E-state index contributed by atoms with van der Waals surface area (Å²) in [6, 6.07) is 74.1. The highest BCUT2D eigenvalue weighted by atomic mass is 15.2. The molecule has 1 nitrogen and oxygen atoms in total. The summed E-state index contributed by atoms with van der Waals surface area (Å²) in [5.74, 6) is 0. The number of nitrogens with zero attached hydrogens (tertiary/aromatic N) is 1. The summed E-state index contributed by atoms with van der Waals surface area (Å²) >= 11 is 0. The molecular formula is C55H35N. The lowest BCUT2D eigenvalue weighted by atomic mass is 9.84. The van der Waals surface area contributed by atoms with Crippen molar-refractivity contribution in [2.75, 3.05) is 4.90 Å². The van der Waals surface area contributed by atoms with E-state index in [0.717, 1.165) is 0 Å². The largest absolute Gasteiger partial charge is 0.330 e. The van der Waals surface area contributed by atoms with E-state index in [4.69, 9.17) is 0 Å². The monoisotopic (exact) mass is 709 g/mol. The van der Waals surface area contributed by atoms with E-state index in [1.807, 2.05) is 0 Å². The molecule has 260 valence electrons. The van der Waals surface area contributed by atoms with Crippen LogP contribution in [-0.2, 0) is 0 Å². The third-order valence-electron chi connectivity index (χ3n) is 12.2. The minimum atomic E-state index is 0.0559. The smallest absolute Gasteiger partial charge is 0.0805 e. The zero-order chi connectivity index (χ0) is 36.7. The molecule has 0 aromatic heterocycles. The van der Waals surface area contributed by atoms with Crippen molar-refractivity contribution in [2.45, 2.75) is 6.04 Å². The van der Waals surface area contributed by atoms with Gasteiger partial charge in [0.2, 0.25) is 0 Å². The maximum atomic E-state index is 2.55. The molecule has 0 radical (unpaired) electrons. The number of benzene rings is 11. The molecule has 0 aliphatic carbocycles. The van der Waals surface area contributed by atoms with E-state index in [9.17, 15) is 0 Å². The van der Waals surface area contributed by atoms with Crippen molar-refractivity contribution in [1.82, 2.24) is 0 Å². The van der Waals surface area contributed by atoms with Gasteiger partial charge in [0.05, 0.1) is 6.04 Å². The van der Waals surface area contributed by atoms with Crippen LogP contribution >= 0.6 is 0 Å². The zero-order valence-corrected chi connectivity index (χ0v) is 30.7. The molecule has 12 rings (SSSR count). The Morgan fingerprint density at radius 3 is 1.66 bits per heavy atom. The van der Waals surface area contributed by atoms with Crippen LogP contribution < -0.4 is 4.90 Å². The maximum Gasteiger partial charge on any atom is 0.0805 e. The molecule has 1 heteroatoms. The first-order valence-electron chi connectivity index (χ1n) is 19.6. The number of anilines is 1. The number of hydrogen-bond donors (Lipinski definition) is 0. The normalized spacial score (nSPS) is 14.3. The van der Waals surface area contributed by atoms with Gasteiger partial charge >= 0.3 is 0 Å². The molecule has 11 aromatic carbocycles. The van der Waals surface area contributed by atoms with Gasteiger partial charge in [-0.3, -0.25) is 0 Å². The van der Waals surface area contributed by atoms with Gasteiger partial charge in [0.1, 0.15) is 0 Å². The van der Waals surface area contributed by atoms with Crippen LogP contribution in [0.1, 0.15) is 17.2 Å². The van der Waals surface area contributed by atoms with Gasteiger partial charge in [-0.15, -0.1) is 0 Å². The Bertz CT molecular complexity index is 3430. The molecule has 1 aliphatic rings. The highest BCUT2D eigenvalue weighted by molar-refractivity contribution is 6.32. The van der Waals surface area contributed by atoms with Crippen LogP contribution in [0.4, 0.5) is 5.69 Å². The third kappa shape index (κ3) is 4.55. The number of para-hydroxylation sites is 1. The Morgan fingerprint density at radius 2 is 0.893 bits per heavy atom. The topological polar surface area (TPSA) is 3.24 Å². The van der Waals surface area contributed by atoms with E-state index in [1.54, 1.807) is 0 Å². The van der Waals surface area contributed by atoms with Crippen molar-refractivity contribution in [3.8, 4) is 11.1 Å². The molecule has 0 fully saturated rings. The number of hydrogen-bond acceptors (Lipinski definition) is 1. The van der Waals surface area contributed by atoms with Gasteiger partial charge < -0.3 is 4.90 Å². The van der Waals surface area contributed by atoms with Crippen molar-refractivity contribution < 1.29 is 0 Å². The lowest BCUT2D eigenvalue weighted by Gasteiger charge is -2.43. The fourth-order valence-corrected chi connectivity index (χ4v) is 9.73. The predicted octanol–water partition coefficient (Wildman–Crippen LogP) is 15.0. The van der Waals surface area contributed by atoms with Crippen LogP contribution in [0.25, 0.3) is 92.2 Å². The maximum absolute atomic E-state index is 2.55. The lowest BCUT2D eigenvalue weighted by Crippen LogP contribution is -2.34. The van der Waals surface area contributed by atoms with Gasteiger partial charge in [-0.25, -0.2) is 0 Å². The average Bonchev–Trinajstić information content (AvgIpc) is 3.25. The summed E-state index contributed by atoms with van der Waals surface area (Å²) in [6.45, 7) is 0. The van der Waals surface area contributed by atoms with Gasteiger partial charge in [0, 0.05) is 11.4 Å². The van der Waals surface area contributed by atoms with Crippen molar-refractivity contribution in [3.63, 3.8) is 0 Å². The van der Waals surface area contributed by atoms with Gasteiger partial charge in [-0.1, -0.05) is 170 Å². The second kappa shape index (κ2) is 12.1. The van der Waals surface area contributed by atoms with E-state index >= 15 is 0 Å². The first kappa shape index (κ1) is 31.2. The van der Waals surface area contributed by atoms with Crippen LogP contribution in [0.5, 0.6) is 0 Å². The molecule has 56 heavy (non-hydrogen) atoms. The Balaban J connectivity index is 1.09. The molecule has 0 bridgehead atoms. The number of rotatable bonds is 4. The fraction of sp³-hybridized carbons (Fsp3) is 0.0182. The second-order valence-electron chi connectivity index (χ2n) is 15.2. The Morgan fingerprint density at radius 1 is 0.321 bits per heavy atom. The molecule has 11 aromatic rings. The van der Waals surface area contributed by atoms with Gasteiger partial charge in [-0.05, 0) is 134 Å². The van der Waals surface area contributed by atoms with Crippen molar-refractivity contribution >= 4 is 86.8 Å². The highest BCUT2D eigenvalue weighted by Crippen LogP contribution is 2.50. The average molecular weight is 710 g/mol. The van der Waals surface area contributed by atoms with E-state index < -0.39 is 0 Å². The van der Waals surface area contributed by atoms with Crippen LogP contribution in [0.2, 0.25) is 0 Å². The van der Waals surface area contributed by atoms with E-state index in [0.29, 0.717) is 0 Å². The summed E-state index contributed by atoms with van der Waals surface area (Å²) in [5, 5.41) is 18.1. The summed E-state index contributed by atoms with van der Waals surface area (Å²) in [7, 11) is 0. The van der Waals surface area contributed by atoms with E-state index in [2.05, 4.69) is 211 Å². The third-order valence-corrected chi connectivity index (χ3v) is 12.2. The first-order valence-corrected chi connectivity index (χ1v) is 19.6. The summed E-state index contributed by atoms with van der Waals surface area (Å²) in [6.07, 6.45) is 2.48. The highest BCUT2D eigenvalue weighted by Gasteiger charge is 2.34. The Labute approximate surface area is 325 Å². The molecule has 0 N–H and O–H groups in total. The predicted molar refractivity (Wildman–Crippen MR) is 241 cm³/mol. The fourth-order valence-electron chi connectivity index (χ4n) is 9.73. The quantitative estimate of drug-likeness (QED) is 0.130. The molecule has 0 saturated carbocycles. The molecule has 1 atom stereocenters. The van der Waals surface area contributed by atoms with Gasteiger partial charge in [0.15, 0.2) is 0 Å². The standard InChI is InChI=1S/C55H35N/c1-2-19-39(20-3-1)56-52(37-17-14-18-38(31-37)54-41-22-7-5-16-36(41)32-49-40-21-6-4-15-35(40)29-30-48(49)54)34-53(56)50-33-51-44-25-9-8-23-42(44)43-24-10-12-27-46(43)55(51)47-28-13-11-26-45(47)50/h1-34,53H. The molecule has 0 spiro atoms. The van der Waals surface area contributed by atoms with E-state index in [-0.39, 0.29) is 6.04 Å². The van der Waals surface area contributed by atoms with Crippen molar-refractivity contribution in [1.29, 1.82) is 0 Å². The molecular weight excluding hydrogens is 675 g/mol. The van der Waals surface area contributed by atoms with E-state index in [1.165, 1.54) is 109 Å². The molecule has 0 saturated heterocycles. The van der Waals surface area contributed by atoms with Crippen LogP contribution in [0, 0.1) is 0 Å². The van der Waals surface area contributed by atoms with Crippen LogP contribution in [0.15, 0.2) is 206 Å². The van der Waals surface area contributed by atoms with Gasteiger partial charge in [-0.2, -0.15) is 0 Å². The zero-order valence-electron chi connectivity index (χ0n) is 30.7. The summed E-state index contributed by atoms with van der Waals surface area (Å²) in [5.41, 5.74) is 7.47. The summed E-state index contributed by atoms with van der Waals surface area (Å²) in [4.78, 5) is 2.55. The Kier molecular flexibility index (Phi) is 6.76. The molecule has 1 unspecified atom stereocenters. The van der Waals surface area contributed by atoms with Crippen molar-refractivity contribution in [3.05, 3.63) is 217 Å². The minimum Gasteiger partial charge on any atom is -0.330 e. The van der Waals surface area contributed by atoms with Crippen molar-refractivity contribution in [2.24, 2.45) is 0 Å². The number of fused-ring (bicyclic) bond motifs is 12. The van der Waals surface area contributed by atoms with Gasteiger partial charge in [0.25, 0.3) is 0 Å². The summed E-state index contributed by atoms with van der Waals surface area (Å²) < 4.78 is 0. The molecule has 1 aliphatic heterocycles. The first-order chi connectivity index (χ1) is 27.8. The van der Waals surface area contributed by atoms with Crippen LogP contribution in [0.3, 0.4) is 0 Å². The minimum absolute atomic E-state index is 0.0559. The second-order valence-corrected chi connectivity index (χ2v) is 15.2. The molecule has 0 amide bonds. The SMILES string of the molecule is C1=C(c2cccc(-c3c4ccccc4cc4c3ccc3ccccc34)c2)N(c2ccccc2)C1c1cc2c3ccccc3c3ccccc3c2c2ccccc12. The lowest BCUT2D eigenvalue weighted by molar-refractivity contribution is 0.807. The van der Waals surface area contributed by atoms with Crippen LogP contribution in [-0.4, -0.2) is 0 Å². The Hall–Kier alpha value is -7.22. The molecule has 1 heterocycles.